The minimum atomic E-state index is -3.58. The summed E-state index contributed by atoms with van der Waals surface area (Å²) in [6, 6.07) is 6.06. The molecule has 2 rings (SSSR count). The highest BCUT2D eigenvalue weighted by Gasteiger charge is 2.20. The molecule has 1 aromatic carbocycles. The van der Waals surface area contributed by atoms with E-state index in [2.05, 4.69) is 11.6 Å². The van der Waals surface area contributed by atoms with Gasteiger partial charge in [0, 0.05) is 32.3 Å². The Kier molecular flexibility index (Phi) is 6.77. The number of nitrogens with one attached hydrogen (secondary N) is 1. The number of ether oxygens (including phenoxy) is 1. The van der Waals surface area contributed by atoms with Crippen LogP contribution in [0.2, 0.25) is 0 Å². The number of nitrogens with zero attached hydrogens (tertiary/aromatic N) is 1. The molecule has 0 unspecified atom stereocenters. The van der Waals surface area contributed by atoms with Gasteiger partial charge in [-0.3, -0.25) is 4.79 Å². The second kappa shape index (κ2) is 8.60. The first kappa shape index (κ1) is 18.9. The molecule has 0 bridgehead atoms. The average Bonchev–Trinajstić information content (AvgIpc) is 3.11. The maximum atomic E-state index is 12.3. The number of sulfonamides is 1. The largest absolute Gasteiger partial charge is 0.377 e. The van der Waals surface area contributed by atoms with Gasteiger partial charge >= 0.3 is 0 Å². The van der Waals surface area contributed by atoms with Gasteiger partial charge < -0.3 is 9.64 Å². The lowest BCUT2D eigenvalue weighted by Gasteiger charge is -2.17. The lowest BCUT2D eigenvalue weighted by atomic mass is 10.2. The van der Waals surface area contributed by atoms with E-state index in [0.29, 0.717) is 18.7 Å². The van der Waals surface area contributed by atoms with Crippen molar-refractivity contribution < 1.29 is 17.9 Å². The number of carbonyl (C=O) groups excluding carboxylic acids is 1. The molecular formula is C17H26N2O4S. The van der Waals surface area contributed by atoms with E-state index in [9.17, 15) is 13.2 Å². The summed E-state index contributed by atoms with van der Waals surface area (Å²) in [5.41, 5.74) is 0.492. The molecule has 1 fully saturated rings. The normalized spacial score (nSPS) is 17.8. The van der Waals surface area contributed by atoms with Crippen molar-refractivity contribution in [1.82, 2.24) is 9.62 Å². The number of unbranched alkanes of at least 4 members (excludes halogenated alkanes) is 1. The van der Waals surface area contributed by atoms with E-state index in [1.807, 2.05) is 0 Å². The van der Waals surface area contributed by atoms with Crippen molar-refractivity contribution >= 4 is 15.9 Å². The first-order valence-corrected chi connectivity index (χ1v) is 9.89. The smallest absolute Gasteiger partial charge is 0.253 e. The fourth-order valence-corrected chi connectivity index (χ4v) is 3.65. The van der Waals surface area contributed by atoms with E-state index in [1.54, 1.807) is 24.1 Å². The van der Waals surface area contributed by atoms with Crippen molar-refractivity contribution in [3.63, 3.8) is 0 Å². The number of amides is 1. The van der Waals surface area contributed by atoms with Gasteiger partial charge in [0.1, 0.15) is 0 Å². The molecule has 1 aromatic rings. The molecule has 1 saturated heterocycles. The maximum absolute atomic E-state index is 12.3. The van der Waals surface area contributed by atoms with Crippen LogP contribution >= 0.6 is 0 Å². The minimum Gasteiger partial charge on any atom is -0.377 e. The van der Waals surface area contributed by atoms with E-state index in [0.717, 1.165) is 25.7 Å². The molecule has 1 N–H and O–H groups in total. The Morgan fingerprint density at radius 2 is 2.04 bits per heavy atom. The lowest BCUT2D eigenvalue weighted by Crippen LogP contribution is -2.32. The Morgan fingerprint density at radius 1 is 1.33 bits per heavy atom. The monoisotopic (exact) mass is 354 g/mol. The van der Waals surface area contributed by atoms with Crippen LogP contribution in [0.3, 0.4) is 0 Å². The van der Waals surface area contributed by atoms with E-state index in [1.165, 1.54) is 12.1 Å². The molecule has 24 heavy (non-hydrogen) atoms. The molecule has 1 aliphatic rings. The summed E-state index contributed by atoms with van der Waals surface area (Å²) < 4.78 is 32.6. The van der Waals surface area contributed by atoms with Gasteiger partial charge in [-0.2, -0.15) is 0 Å². The molecule has 0 aliphatic carbocycles. The van der Waals surface area contributed by atoms with Gasteiger partial charge in [0.05, 0.1) is 11.0 Å². The number of carbonyl (C=O) groups is 1. The van der Waals surface area contributed by atoms with Crippen molar-refractivity contribution in [2.24, 2.45) is 0 Å². The molecule has 1 heterocycles. The molecule has 0 radical (unpaired) electrons. The molecule has 6 nitrogen and oxygen atoms in total. The molecule has 0 spiro atoms. The summed E-state index contributed by atoms with van der Waals surface area (Å²) in [6.07, 6.45) is 3.76. The Labute approximate surface area is 144 Å². The first-order valence-electron chi connectivity index (χ1n) is 8.41. The third-order valence-corrected chi connectivity index (χ3v) is 5.57. The van der Waals surface area contributed by atoms with Crippen LogP contribution in [0.25, 0.3) is 0 Å². The predicted octanol–water partition coefficient (Wildman–Crippen LogP) is 2.02. The molecular weight excluding hydrogens is 328 g/mol. The van der Waals surface area contributed by atoms with Crippen LogP contribution in [0.1, 0.15) is 43.0 Å². The van der Waals surface area contributed by atoms with Crippen LogP contribution in [0.5, 0.6) is 0 Å². The molecule has 1 aliphatic heterocycles. The molecule has 0 aromatic heterocycles. The number of benzene rings is 1. The maximum Gasteiger partial charge on any atom is 0.253 e. The second-order valence-corrected chi connectivity index (χ2v) is 7.86. The Hall–Kier alpha value is -1.44. The predicted molar refractivity (Wildman–Crippen MR) is 92.5 cm³/mol. The van der Waals surface area contributed by atoms with E-state index in [-0.39, 0.29) is 23.5 Å². The van der Waals surface area contributed by atoms with Crippen molar-refractivity contribution in [2.45, 2.75) is 43.6 Å². The molecule has 1 amide bonds. The van der Waals surface area contributed by atoms with Crippen molar-refractivity contribution in [1.29, 1.82) is 0 Å². The summed E-state index contributed by atoms with van der Waals surface area (Å²) in [5.74, 6) is -0.0975. The molecule has 1 atom stereocenters. The highest BCUT2D eigenvalue weighted by atomic mass is 32.2. The van der Waals surface area contributed by atoms with Gasteiger partial charge in [0.2, 0.25) is 10.0 Å². The summed E-state index contributed by atoms with van der Waals surface area (Å²) >= 11 is 0. The van der Waals surface area contributed by atoms with Gasteiger partial charge in [-0.05, 0) is 43.5 Å². The zero-order chi connectivity index (χ0) is 17.6. The Balaban J connectivity index is 1.98. The fraction of sp³-hybridized carbons (Fsp3) is 0.588. The van der Waals surface area contributed by atoms with Crippen molar-refractivity contribution in [3.05, 3.63) is 29.8 Å². The standard InChI is InChI=1S/C17H26N2O4S/c1-3-4-11-19(2)17(20)14-7-9-16(10-8-14)24(21,22)18-13-15-6-5-12-23-15/h7-10,15,18H,3-6,11-13H2,1-2H3/t15-/m1/s1. The summed E-state index contributed by atoms with van der Waals surface area (Å²) in [4.78, 5) is 14.1. The Morgan fingerprint density at radius 3 is 2.62 bits per heavy atom. The van der Waals surface area contributed by atoms with Gasteiger partial charge in [-0.25, -0.2) is 13.1 Å². The summed E-state index contributed by atoms with van der Waals surface area (Å²) in [6.45, 7) is 3.73. The van der Waals surface area contributed by atoms with Crippen LogP contribution in [-0.2, 0) is 14.8 Å². The zero-order valence-electron chi connectivity index (χ0n) is 14.3. The van der Waals surface area contributed by atoms with Crippen LogP contribution in [-0.4, -0.2) is 52.1 Å². The van der Waals surface area contributed by atoms with E-state index in [4.69, 9.17) is 4.74 Å². The van der Waals surface area contributed by atoms with Crippen LogP contribution in [0, 0.1) is 0 Å². The summed E-state index contributed by atoms with van der Waals surface area (Å²) in [7, 11) is -1.82. The first-order chi connectivity index (χ1) is 11.4. The van der Waals surface area contributed by atoms with Gasteiger partial charge in [-0.1, -0.05) is 13.3 Å². The third-order valence-electron chi connectivity index (χ3n) is 4.13. The van der Waals surface area contributed by atoms with Gasteiger partial charge in [-0.15, -0.1) is 0 Å². The van der Waals surface area contributed by atoms with Crippen LogP contribution < -0.4 is 4.72 Å². The molecule has 0 saturated carbocycles. The van der Waals surface area contributed by atoms with E-state index >= 15 is 0 Å². The van der Waals surface area contributed by atoms with Crippen molar-refractivity contribution in [2.75, 3.05) is 26.7 Å². The highest BCUT2D eigenvalue weighted by Crippen LogP contribution is 2.14. The third kappa shape index (κ3) is 5.03. The lowest BCUT2D eigenvalue weighted by molar-refractivity contribution is 0.0793. The number of hydrogen-bond donors (Lipinski definition) is 1. The van der Waals surface area contributed by atoms with Crippen LogP contribution in [0.4, 0.5) is 0 Å². The minimum absolute atomic E-state index is 0.0483. The van der Waals surface area contributed by atoms with Gasteiger partial charge in [0.25, 0.3) is 5.91 Å². The quantitative estimate of drug-likeness (QED) is 0.775. The SMILES string of the molecule is CCCCN(C)C(=O)c1ccc(S(=O)(=O)NC[C@H]2CCCO2)cc1. The van der Waals surface area contributed by atoms with Crippen molar-refractivity contribution in [3.8, 4) is 0 Å². The number of hydrogen-bond acceptors (Lipinski definition) is 4. The second-order valence-electron chi connectivity index (χ2n) is 6.09. The number of rotatable bonds is 8. The average molecular weight is 354 g/mol. The molecule has 7 heteroatoms. The highest BCUT2D eigenvalue weighted by molar-refractivity contribution is 7.89. The zero-order valence-corrected chi connectivity index (χ0v) is 15.1. The summed E-state index contributed by atoms with van der Waals surface area (Å²) in [5, 5.41) is 0. The van der Waals surface area contributed by atoms with E-state index < -0.39 is 10.0 Å². The Bertz CT molecular complexity index is 637. The van der Waals surface area contributed by atoms with Gasteiger partial charge in [0.15, 0.2) is 0 Å². The fourth-order valence-electron chi connectivity index (χ4n) is 2.59. The van der Waals surface area contributed by atoms with Crippen LogP contribution in [0.15, 0.2) is 29.2 Å². The topological polar surface area (TPSA) is 75.7 Å². The molecule has 134 valence electrons.